The summed E-state index contributed by atoms with van der Waals surface area (Å²) in [6.07, 6.45) is 0. The van der Waals surface area contributed by atoms with E-state index in [4.69, 9.17) is 5.73 Å². The normalized spacial score (nSPS) is 28.9. The largest absolute Gasteiger partial charge is 0.508 e. The first-order chi connectivity index (χ1) is 6.44. The molecule has 3 N–H and O–H groups in total. The van der Waals surface area contributed by atoms with Gasteiger partial charge in [-0.3, -0.25) is 0 Å². The summed E-state index contributed by atoms with van der Waals surface area (Å²) in [6.45, 7) is 6.23. The molecule has 0 amide bonds. The summed E-state index contributed by atoms with van der Waals surface area (Å²) in [5.41, 5.74) is 8.24. The van der Waals surface area contributed by atoms with Gasteiger partial charge in [-0.1, -0.05) is 26.0 Å². The summed E-state index contributed by atoms with van der Waals surface area (Å²) in [5.74, 6) is 0.770. The van der Waals surface area contributed by atoms with Crippen LogP contribution >= 0.6 is 0 Å². The van der Waals surface area contributed by atoms with Gasteiger partial charge in [0.2, 0.25) is 0 Å². The van der Waals surface area contributed by atoms with Crippen LogP contribution in [0.25, 0.3) is 0 Å². The molecule has 2 nitrogen and oxygen atoms in total. The van der Waals surface area contributed by atoms with Crippen LogP contribution in [0.1, 0.15) is 30.9 Å². The molecule has 0 aliphatic heterocycles. The Labute approximate surface area is 84.7 Å². The van der Waals surface area contributed by atoms with Crippen LogP contribution in [0.15, 0.2) is 18.2 Å². The van der Waals surface area contributed by atoms with Gasteiger partial charge in [0.15, 0.2) is 0 Å². The second kappa shape index (κ2) is 2.74. The van der Waals surface area contributed by atoms with E-state index in [2.05, 4.69) is 19.9 Å². The van der Waals surface area contributed by atoms with Crippen LogP contribution in [0.4, 0.5) is 0 Å². The number of aromatic hydroxyl groups is 1. The van der Waals surface area contributed by atoms with Crippen LogP contribution in [-0.4, -0.2) is 11.1 Å². The van der Waals surface area contributed by atoms with Crippen molar-refractivity contribution in [2.45, 2.75) is 32.7 Å². The van der Waals surface area contributed by atoms with Crippen molar-refractivity contribution in [1.82, 2.24) is 0 Å². The van der Waals surface area contributed by atoms with E-state index >= 15 is 0 Å². The van der Waals surface area contributed by atoms with Crippen LogP contribution in [0.2, 0.25) is 0 Å². The minimum atomic E-state index is 0.182. The molecule has 0 heterocycles. The quantitative estimate of drug-likeness (QED) is 0.714. The number of nitrogens with two attached hydrogens (primary N) is 1. The van der Waals surface area contributed by atoms with Crippen LogP contribution in [0.3, 0.4) is 0 Å². The lowest BCUT2D eigenvalue weighted by Crippen LogP contribution is -2.06. The molecule has 0 saturated heterocycles. The highest BCUT2D eigenvalue weighted by Crippen LogP contribution is 2.57. The Balaban J connectivity index is 2.32. The lowest BCUT2D eigenvalue weighted by molar-refractivity contribution is 0.470. The lowest BCUT2D eigenvalue weighted by Gasteiger charge is -2.05. The van der Waals surface area contributed by atoms with Crippen molar-refractivity contribution < 1.29 is 5.11 Å². The first kappa shape index (κ1) is 9.53. The first-order valence-electron chi connectivity index (χ1n) is 4.99. The Morgan fingerprint density at radius 3 is 2.36 bits per heavy atom. The number of aryl methyl sites for hydroxylation is 1. The molecule has 2 rings (SSSR count). The highest BCUT2D eigenvalue weighted by Gasteiger charge is 2.56. The predicted octanol–water partition coefficient (Wildman–Crippen LogP) is 2.15. The standard InChI is InChI=1S/C12H17NO/c1-7-4-5-8(6-9(7)14)10-11(13)12(10,2)3/h4-6,10-11,14H,13H2,1-3H3/t10-,11-/m1/s1. The fourth-order valence-electron chi connectivity index (χ4n) is 2.13. The average Bonchev–Trinajstić information content (AvgIpc) is 2.58. The summed E-state index contributed by atoms with van der Waals surface area (Å²) < 4.78 is 0. The molecule has 1 saturated carbocycles. The second-order valence-corrected chi connectivity index (χ2v) is 4.87. The van der Waals surface area contributed by atoms with Crippen LogP contribution < -0.4 is 5.73 Å². The molecule has 0 spiro atoms. The number of phenols is 1. The Hall–Kier alpha value is -1.02. The fraction of sp³-hybridized carbons (Fsp3) is 0.500. The molecule has 14 heavy (non-hydrogen) atoms. The number of benzene rings is 1. The van der Waals surface area contributed by atoms with Gasteiger partial charge >= 0.3 is 0 Å². The smallest absolute Gasteiger partial charge is 0.118 e. The van der Waals surface area contributed by atoms with Crippen molar-refractivity contribution in [3.8, 4) is 5.75 Å². The number of rotatable bonds is 1. The lowest BCUT2D eigenvalue weighted by atomic mass is 10.0. The van der Waals surface area contributed by atoms with Gasteiger partial charge in [-0.15, -0.1) is 0 Å². The fourth-order valence-corrected chi connectivity index (χ4v) is 2.13. The minimum absolute atomic E-state index is 0.182. The molecule has 76 valence electrons. The van der Waals surface area contributed by atoms with Crippen molar-refractivity contribution in [2.24, 2.45) is 11.1 Å². The SMILES string of the molecule is Cc1ccc([C@@H]2[C@@H](N)C2(C)C)cc1O. The zero-order valence-electron chi connectivity index (χ0n) is 8.91. The maximum atomic E-state index is 9.59. The third-order valence-electron chi connectivity index (χ3n) is 3.50. The summed E-state index contributed by atoms with van der Waals surface area (Å²) in [6, 6.07) is 6.08. The van der Waals surface area contributed by atoms with E-state index in [9.17, 15) is 5.11 Å². The molecular weight excluding hydrogens is 174 g/mol. The van der Waals surface area contributed by atoms with Crippen molar-refractivity contribution in [3.05, 3.63) is 29.3 Å². The highest BCUT2D eigenvalue weighted by atomic mass is 16.3. The Bertz CT molecular complexity index is 371. The molecule has 1 fully saturated rings. The summed E-state index contributed by atoms with van der Waals surface area (Å²) in [4.78, 5) is 0. The van der Waals surface area contributed by atoms with E-state index in [0.29, 0.717) is 11.7 Å². The molecule has 2 atom stereocenters. The molecule has 1 aromatic rings. The van der Waals surface area contributed by atoms with E-state index in [0.717, 1.165) is 11.1 Å². The Morgan fingerprint density at radius 2 is 1.93 bits per heavy atom. The number of hydrogen-bond donors (Lipinski definition) is 2. The van der Waals surface area contributed by atoms with Gasteiger partial charge in [-0.25, -0.2) is 0 Å². The third kappa shape index (κ3) is 1.22. The molecule has 1 aliphatic rings. The summed E-state index contributed by atoms with van der Waals surface area (Å²) in [5, 5.41) is 9.59. The van der Waals surface area contributed by atoms with Crippen molar-refractivity contribution in [2.75, 3.05) is 0 Å². The van der Waals surface area contributed by atoms with Crippen molar-refractivity contribution >= 4 is 0 Å². The average molecular weight is 191 g/mol. The van der Waals surface area contributed by atoms with Crippen molar-refractivity contribution in [3.63, 3.8) is 0 Å². The zero-order chi connectivity index (χ0) is 10.5. The summed E-state index contributed by atoms with van der Waals surface area (Å²) in [7, 11) is 0. The van der Waals surface area contributed by atoms with Crippen LogP contribution in [0, 0.1) is 12.3 Å². The topological polar surface area (TPSA) is 46.2 Å². The van der Waals surface area contributed by atoms with E-state index in [1.54, 1.807) is 0 Å². The van der Waals surface area contributed by atoms with Gasteiger partial charge in [-0.2, -0.15) is 0 Å². The van der Waals surface area contributed by atoms with Gasteiger partial charge in [0, 0.05) is 12.0 Å². The molecule has 1 aliphatic carbocycles. The predicted molar refractivity (Wildman–Crippen MR) is 57.3 cm³/mol. The maximum absolute atomic E-state index is 9.59. The van der Waals surface area contributed by atoms with Crippen LogP contribution in [0.5, 0.6) is 5.75 Å². The molecule has 0 bridgehead atoms. The molecule has 1 aromatic carbocycles. The van der Waals surface area contributed by atoms with Crippen LogP contribution in [-0.2, 0) is 0 Å². The second-order valence-electron chi connectivity index (χ2n) is 4.87. The maximum Gasteiger partial charge on any atom is 0.118 e. The minimum Gasteiger partial charge on any atom is -0.508 e. The molecular formula is C12H17NO. The van der Waals surface area contributed by atoms with E-state index in [1.807, 2.05) is 19.1 Å². The molecule has 0 unspecified atom stereocenters. The third-order valence-corrected chi connectivity index (χ3v) is 3.50. The van der Waals surface area contributed by atoms with Gasteiger partial charge in [0.05, 0.1) is 0 Å². The Kier molecular flexibility index (Phi) is 1.86. The van der Waals surface area contributed by atoms with Gasteiger partial charge in [0.25, 0.3) is 0 Å². The van der Waals surface area contributed by atoms with Crippen molar-refractivity contribution in [1.29, 1.82) is 0 Å². The monoisotopic (exact) mass is 191 g/mol. The highest BCUT2D eigenvalue weighted by molar-refractivity contribution is 5.42. The molecule has 2 heteroatoms. The number of phenolic OH excluding ortho intramolecular Hbond substituents is 1. The summed E-state index contributed by atoms with van der Waals surface area (Å²) >= 11 is 0. The van der Waals surface area contributed by atoms with Gasteiger partial charge < -0.3 is 10.8 Å². The Morgan fingerprint density at radius 1 is 1.36 bits per heavy atom. The molecule has 0 aromatic heterocycles. The van der Waals surface area contributed by atoms with E-state index in [1.165, 1.54) is 0 Å². The van der Waals surface area contributed by atoms with E-state index in [-0.39, 0.29) is 11.5 Å². The van der Waals surface area contributed by atoms with Gasteiger partial charge in [-0.05, 0) is 29.5 Å². The van der Waals surface area contributed by atoms with E-state index < -0.39 is 0 Å². The molecule has 0 radical (unpaired) electrons. The number of hydrogen-bond acceptors (Lipinski definition) is 2. The van der Waals surface area contributed by atoms with Gasteiger partial charge in [0.1, 0.15) is 5.75 Å². The zero-order valence-corrected chi connectivity index (χ0v) is 8.91. The first-order valence-corrected chi connectivity index (χ1v) is 4.99.